The molecule has 0 radical (unpaired) electrons. The van der Waals surface area contributed by atoms with Gasteiger partial charge in [0.2, 0.25) is 0 Å². The third kappa shape index (κ3) is 3.75. The van der Waals surface area contributed by atoms with Gasteiger partial charge in [-0.05, 0) is 31.5 Å². The molecule has 0 aliphatic carbocycles. The zero-order valence-electron chi connectivity index (χ0n) is 14.7. The van der Waals surface area contributed by atoms with Crippen molar-refractivity contribution in [2.75, 3.05) is 44.3 Å². The topological polar surface area (TPSA) is 48.6 Å². The molecule has 1 aliphatic heterocycles. The summed E-state index contributed by atoms with van der Waals surface area (Å²) in [4.78, 5) is 20.4. The maximum atomic E-state index is 13.0. The fourth-order valence-corrected chi connectivity index (χ4v) is 3.48. The number of benzene rings is 1. The van der Waals surface area contributed by atoms with Crippen molar-refractivity contribution in [1.29, 1.82) is 0 Å². The highest BCUT2D eigenvalue weighted by atomic mass is 79.9. The number of carbonyl (C=O) groups excluding carboxylic acids is 1. The molecule has 1 amide bonds. The number of H-pyrrole nitrogens is 1. The predicted molar refractivity (Wildman–Crippen MR) is 104 cm³/mol. The van der Waals surface area contributed by atoms with Gasteiger partial charge in [-0.1, -0.05) is 28.1 Å². The number of aromatic amines is 1. The number of morpholine rings is 1. The van der Waals surface area contributed by atoms with Crippen LogP contribution in [0.2, 0.25) is 0 Å². The van der Waals surface area contributed by atoms with E-state index in [0.29, 0.717) is 32.0 Å². The molecule has 1 N–H and O–H groups in total. The van der Waals surface area contributed by atoms with Gasteiger partial charge in [-0.15, -0.1) is 0 Å². The number of anilines is 1. The minimum Gasteiger partial charge on any atom is -0.378 e. The highest BCUT2D eigenvalue weighted by molar-refractivity contribution is 9.10. The van der Waals surface area contributed by atoms with Crippen molar-refractivity contribution in [2.24, 2.45) is 0 Å². The molecule has 1 aromatic carbocycles. The molecule has 2 aromatic rings. The zero-order chi connectivity index (χ0) is 17.8. The third-order valence-corrected chi connectivity index (χ3v) is 5.13. The van der Waals surface area contributed by atoms with Gasteiger partial charge in [-0.3, -0.25) is 4.79 Å². The molecule has 3 rings (SSSR count). The summed E-state index contributed by atoms with van der Waals surface area (Å²) in [5.41, 5.74) is 3.82. The van der Waals surface area contributed by atoms with E-state index in [9.17, 15) is 4.79 Å². The minimum absolute atomic E-state index is 0.0508. The molecule has 1 saturated heterocycles. The smallest absolute Gasteiger partial charge is 0.272 e. The number of ether oxygens (including phenoxy) is 1. The molecule has 1 fully saturated rings. The van der Waals surface area contributed by atoms with E-state index in [1.54, 1.807) is 0 Å². The fraction of sp³-hybridized carbons (Fsp3) is 0.421. The standard InChI is InChI=1S/C19H24BrN3O2/c1-3-22(4-2)19(24)17-18(23-9-11-25-12-10-23)16(13-21-17)14-5-7-15(20)8-6-14/h5-8,13,21H,3-4,9-12H2,1-2H3. The second-order valence-electron chi connectivity index (χ2n) is 6.01. The summed E-state index contributed by atoms with van der Waals surface area (Å²) < 4.78 is 6.54. The Labute approximate surface area is 157 Å². The molecule has 1 aromatic heterocycles. The predicted octanol–water partition coefficient (Wildman–Crippen LogP) is 3.76. The van der Waals surface area contributed by atoms with Crippen molar-refractivity contribution in [3.05, 3.63) is 40.6 Å². The Morgan fingerprint density at radius 1 is 1.20 bits per heavy atom. The lowest BCUT2D eigenvalue weighted by atomic mass is 10.1. The molecule has 1 aliphatic rings. The average molecular weight is 406 g/mol. The fourth-order valence-electron chi connectivity index (χ4n) is 3.21. The summed E-state index contributed by atoms with van der Waals surface area (Å²) in [6.45, 7) is 8.37. The second kappa shape index (κ2) is 8.06. The largest absolute Gasteiger partial charge is 0.378 e. The normalized spacial score (nSPS) is 14.6. The van der Waals surface area contributed by atoms with E-state index >= 15 is 0 Å². The Morgan fingerprint density at radius 2 is 1.84 bits per heavy atom. The zero-order valence-corrected chi connectivity index (χ0v) is 16.3. The van der Waals surface area contributed by atoms with Crippen LogP contribution in [0.15, 0.2) is 34.9 Å². The van der Waals surface area contributed by atoms with E-state index in [2.05, 4.69) is 37.9 Å². The third-order valence-electron chi connectivity index (χ3n) is 4.60. The maximum absolute atomic E-state index is 13.0. The van der Waals surface area contributed by atoms with Crippen molar-refractivity contribution in [3.8, 4) is 11.1 Å². The van der Waals surface area contributed by atoms with Gasteiger partial charge in [0.25, 0.3) is 5.91 Å². The number of rotatable bonds is 5. The molecule has 6 heteroatoms. The van der Waals surface area contributed by atoms with Crippen LogP contribution in [-0.2, 0) is 4.74 Å². The van der Waals surface area contributed by atoms with E-state index < -0.39 is 0 Å². The molecular weight excluding hydrogens is 382 g/mol. The summed E-state index contributed by atoms with van der Waals surface area (Å²) in [5.74, 6) is 0.0508. The summed E-state index contributed by atoms with van der Waals surface area (Å²) >= 11 is 3.48. The molecule has 2 heterocycles. The van der Waals surface area contributed by atoms with E-state index in [4.69, 9.17) is 4.74 Å². The number of halogens is 1. The molecule has 0 atom stereocenters. The highest BCUT2D eigenvalue weighted by Crippen LogP contribution is 2.36. The van der Waals surface area contributed by atoms with E-state index in [1.807, 2.05) is 37.1 Å². The molecule has 0 spiro atoms. The number of carbonyl (C=O) groups is 1. The Kier molecular flexibility index (Phi) is 5.81. The van der Waals surface area contributed by atoms with Crippen molar-refractivity contribution in [3.63, 3.8) is 0 Å². The van der Waals surface area contributed by atoms with Gasteiger partial charge in [-0.25, -0.2) is 0 Å². The van der Waals surface area contributed by atoms with Gasteiger partial charge in [0, 0.05) is 42.4 Å². The number of hydrogen-bond acceptors (Lipinski definition) is 3. The second-order valence-corrected chi connectivity index (χ2v) is 6.93. The minimum atomic E-state index is 0.0508. The number of hydrogen-bond donors (Lipinski definition) is 1. The SMILES string of the molecule is CCN(CC)C(=O)c1[nH]cc(-c2ccc(Br)cc2)c1N1CCOCC1. The van der Waals surface area contributed by atoms with Crippen LogP contribution >= 0.6 is 15.9 Å². The van der Waals surface area contributed by atoms with Crippen LogP contribution in [0.1, 0.15) is 24.3 Å². The Hall–Kier alpha value is -1.79. The molecule has 0 unspecified atom stereocenters. The van der Waals surface area contributed by atoms with E-state index in [1.165, 1.54) is 0 Å². The number of nitrogens with zero attached hydrogens (tertiary/aromatic N) is 2. The van der Waals surface area contributed by atoms with Gasteiger partial charge in [-0.2, -0.15) is 0 Å². The lowest BCUT2D eigenvalue weighted by molar-refractivity contribution is 0.0767. The quantitative estimate of drug-likeness (QED) is 0.823. The molecule has 25 heavy (non-hydrogen) atoms. The summed E-state index contributed by atoms with van der Waals surface area (Å²) in [6.07, 6.45) is 1.95. The van der Waals surface area contributed by atoms with Crippen LogP contribution in [0.5, 0.6) is 0 Å². The Morgan fingerprint density at radius 3 is 2.44 bits per heavy atom. The van der Waals surface area contributed by atoms with Gasteiger partial charge >= 0.3 is 0 Å². The highest BCUT2D eigenvalue weighted by Gasteiger charge is 2.26. The number of nitrogens with one attached hydrogen (secondary N) is 1. The van der Waals surface area contributed by atoms with Crippen molar-refractivity contribution in [1.82, 2.24) is 9.88 Å². The molecule has 134 valence electrons. The van der Waals surface area contributed by atoms with Gasteiger partial charge in [0.1, 0.15) is 5.69 Å². The molecule has 0 bridgehead atoms. The first-order chi connectivity index (χ1) is 12.2. The van der Waals surface area contributed by atoms with Crippen LogP contribution in [0, 0.1) is 0 Å². The average Bonchev–Trinajstić information content (AvgIpc) is 3.09. The lowest BCUT2D eigenvalue weighted by Gasteiger charge is -2.31. The first-order valence-electron chi connectivity index (χ1n) is 8.75. The van der Waals surface area contributed by atoms with Crippen LogP contribution in [-0.4, -0.2) is 55.2 Å². The summed E-state index contributed by atoms with van der Waals surface area (Å²) in [7, 11) is 0. The number of aromatic nitrogens is 1. The Bertz CT molecular complexity index is 717. The maximum Gasteiger partial charge on any atom is 0.272 e. The van der Waals surface area contributed by atoms with E-state index in [0.717, 1.165) is 34.4 Å². The van der Waals surface area contributed by atoms with Crippen molar-refractivity contribution in [2.45, 2.75) is 13.8 Å². The van der Waals surface area contributed by atoms with Gasteiger partial charge < -0.3 is 19.5 Å². The van der Waals surface area contributed by atoms with Crippen LogP contribution < -0.4 is 4.90 Å². The monoisotopic (exact) mass is 405 g/mol. The first-order valence-corrected chi connectivity index (χ1v) is 9.54. The summed E-state index contributed by atoms with van der Waals surface area (Å²) in [5, 5.41) is 0. The van der Waals surface area contributed by atoms with E-state index in [-0.39, 0.29) is 5.91 Å². The Balaban J connectivity index is 2.06. The lowest BCUT2D eigenvalue weighted by Crippen LogP contribution is -2.38. The van der Waals surface area contributed by atoms with Crippen LogP contribution in [0.4, 0.5) is 5.69 Å². The molecule has 0 saturated carbocycles. The molecular formula is C19H24BrN3O2. The molecule has 5 nitrogen and oxygen atoms in total. The van der Waals surface area contributed by atoms with Gasteiger partial charge in [0.15, 0.2) is 0 Å². The van der Waals surface area contributed by atoms with Crippen molar-refractivity contribution >= 4 is 27.5 Å². The summed E-state index contributed by atoms with van der Waals surface area (Å²) in [6, 6.07) is 8.19. The van der Waals surface area contributed by atoms with Gasteiger partial charge in [0.05, 0.1) is 18.9 Å². The van der Waals surface area contributed by atoms with Crippen LogP contribution in [0.3, 0.4) is 0 Å². The number of amides is 1. The van der Waals surface area contributed by atoms with Crippen molar-refractivity contribution < 1.29 is 9.53 Å². The first kappa shape index (κ1) is 18.0. The van der Waals surface area contributed by atoms with Crippen LogP contribution in [0.25, 0.3) is 11.1 Å².